The van der Waals surface area contributed by atoms with Crippen LogP contribution in [0.4, 0.5) is 0 Å². The molecular formula is C49H48O9S. The largest absolute Gasteiger partial charge is 0.465 e. The van der Waals surface area contributed by atoms with Crippen molar-refractivity contribution < 1.29 is 41.4 Å². The quantitative estimate of drug-likeness (QED) is 0.0769. The van der Waals surface area contributed by atoms with E-state index in [0.717, 1.165) is 11.1 Å². The van der Waals surface area contributed by atoms with Crippen LogP contribution < -0.4 is 18.9 Å². The lowest BCUT2D eigenvalue weighted by Crippen LogP contribution is -2.33. The number of rotatable bonds is 16. The molecule has 9 nitrogen and oxygen atoms in total. The fraction of sp³-hybridized carbons (Fsp3) is 0.224. The Hall–Kier alpha value is -5.91. The molecule has 5 aromatic rings. The summed E-state index contributed by atoms with van der Waals surface area (Å²) in [6.45, 7) is 7.49. The molecule has 0 amide bonds. The second-order valence-electron chi connectivity index (χ2n) is 14.6. The zero-order valence-electron chi connectivity index (χ0n) is 33.4. The number of para-hydroxylation sites is 3. The number of hydrogen-bond acceptors (Lipinski definition) is 8. The summed E-state index contributed by atoms with van der Waals surface area (Å²) in [5, 5.41) is 0. The first-order valence-corrected chi connectivity index (χ1v) is 21.0. The molecule has 0 bridgehead atoms. The van der Waals surface area contributed by atoms with Gasteiger partial charge in [-0.25, -0.2) is 0 Å². The number of benzene rings is 5. The van der Waals surface area contributed by atoms with Crippen LogP contribution in [0.25, 0.3) is 22.3 Å². The zero-order valence-corrected chi connectivity index (χ0v) is 34.3. The maximum Gasteiger partial charge on any atom is 0.295 e. The maximum atomic E-state index is 13.4. The Labute approximate surface area is 346 Å². The summed E-state index contributed by atoms with van der Waals surface area (Å²) >= 11 is 0. The predicted molar refractivity (Wildman–Crippen MR) is 230 cm³/mol. The third-order valence-corrected chi connectivity index (χ3v) is 10.8. The fourth-order valence-corrected chi connectivity index (χ4v) is 8.01. The predicted octanol–water partition coefficient (Wildman–Crippen LogP) is 11.1. The van der Waals surface area contributed by atoms with E-state index >= 15 is 0 Å². The molecule has 2 aliphatic rings. The van der Waals surface area contributed by atoms with E-state index < -0.39 is 34.6 Å². The van der Waals surface area contributed by atoms with Crippen LogP contribution in [0.5, 0.6) is 23.0 Å². The van der Waals surface area contributed by atoms with Gasteiger partial charge in [0.1, 0.15) is 27.9 Å². The Kier molecular flexibility index (Phi) is 12.8. The van der Waals surface area contributed by atoms with Crippen molar-refractivity contribution in [2.45, 2.75) is 76.0 Å². The Balaban J connectivity index is 1.18. The highest BCUT2D eigenvalue weighted by atomic mass is 32.2. The molecule has 7 rings (SSSR count). The van der Waals surface area contributed by atoms with E-state index in [-0.39, 0.29) is 11.0 Å². The van der Waals surface area contributed by atoms with Gasteiger partial charge in [-0.05, 0) is 117 Å². The van der Waals surface area contributed by atoms with E-state index in [1.807, 2.05) is 148 Å². The average Bonchev–Trinajstić information content (AvgIpc) is 3.22. The first-order chi connectivity index (χ1) is 28.4. The normalized spacial score (nSPS) is 19.2. The highest BCUT2D eigenvalue weighted by molar-refractivity contribution is 7.86. The minimum Gasteiger partial charge on any atom is -0.465 e. The number of ether oxygens (including phenoxy) is 6. The van der Waals surface area contributed by atoms with Gasteiger partial charge in [-0.2, -0.15) is 8.42 Å². The molecular weight excluding hydrogens is 765 g/mol. The van der Waals surface area contributed by atoms with Crippen LogP contribution in [-0.2, 0) is 19.6 Å². The summed E-state index contributed by atoms with van der Waals surface area (Å²) in [7, 11) is -4.75. The van der Waals surface area contributed by atoms with E-state index in [9.17, 15) is 13.0 Å². The van der Waals surface area contributed by atoms with Crippen molar-refractivity contribution in [1.82, 2.24) is 0 Å². The molecule has 0 saturated heterocycles. The molecule has 5 unspecified atom stereocenters. The highest BCUT2D eigenvalue weighted by Crippen LogP contribution is 2.41. The second-order valence-corrected chi connectivity index (χ2v) is 15.9. The second kappa shape index (κ2) is 18.3. The molecule has 0 spiro atoms. The van der Waals surface area contributed by atoms with Gasteiger partial charge in [0.2, 0.25) is 6.29 Å². The third kappa shape index (κ3) is 11.0. The first kappa shape index (κ1) is 41.3. The van der Waals surface area contributed by atoms with E-state index in [2.05, 4.69) is 6.08 Å². The highest BCUT2D eigenvalue weighted by Gasteiger charge is 2.30. The van der Waals surface area contributed by atoms with Crippen molar-refractivity contribution in [2.75, 3.05) is 0 Å². The molecule has 304 valence electrons. The van der Waals surface area contributed by atoms with Gasteiger partial charge in [-0.1, -0.05) is 103 Å². The van der Waals surface area contributed by atoms with Crippen LogP contribution in [0, 0.1) is 0 Å². The Morgan fingerprint density at radius 2 is 1.14 bits per heavy atom. The van der Waals surface area contributed by atoms with E-state index in [4.69, 9.17) is 28.4 Å². The van der Waals surface area contributed by atoms with Crippen LogP contribution in [0.1, 0.15) is 51.7 Å². The number of allylic oxidation sites excluding steroid dienone is 4. The van der Waals surface area contributed by atoms with Crippen molar-refractivity contribution in [3.05, 3.63) is 175 Å². The van der Waals surface area contributed by atoms with Gasteiger partial charge < -0.3 is 28.4 Å². The van der Waals surface area contributed by atoms with Crippen LogP contribution >= 0.6 is 0 Å². The van der Waals surface area contributed by atoms with E-state index in [1.165, 1.54) is 0 Å². The van der Waals surface area contributed by atoms with Gasteiger partial charge in [0.05, 0.1) is 11.7 Å². The maximum absolute atomic E-state index is 13.4. The molecule has 2 aliphatic carbocycles. The summed E-state index contributed by atoms with van der Waals surface area (Å²) in [6, 6.07) is 39.0. The SMILES string of the molecule is CC(Oc1ccccc1)Oc1ccc(-c2cc(C3=CCC(C)(OC(C)Oc4ccccc4)C=C3)cc(C3=CCC(OC(C)Oc4ccccc4)C=C3)c2S(=O)(=O)O)cc1. The lowest BCUT2D eigenvalue weighted by Gasteiger charge is -2.32. The molecule has 5 aromatic carbocycles. The standard InChI is InChI=1S/C49H48O9S/c1-34(53-41-14-8-5-9-15-41)55-44-24-20-38(21-25-44)46-32-40(37-28-30-49(4,31-29-37)58-36(3)57-43-18-12-7-13-19-43)33-47(48(46)59(50,51)52)39-22-26-45(27-23-39)56-35(2)54-42-16-10-6-11-17-42/h5-26,28-30,32-36,45H,27,31H2,1-4H3,(H,50,51,52). The minimum absolute atomic E-state index is 0.202. The Morgan fingerprint density at radius 3 is 1.64 bits per heavy atom. The van der Waals surface area contributed by atoms with Gasteiger partial charge in [0.15, 0.2) is 12.6 Å². The fourth-order valence-electron chi connectivity index (χ4n) is 7.10. The Bertz CT molecular complexity index is 2430. The van der Waals surface area contributed by atoms with Crippen molar-refractivity contribution in [1.29, 1.82) is 0 Å². The average molecular weight is 813 g/mol. The lowest BCUT2D eigenvalue weighted by molar-refractivity contribution is -0.134. The summed E-state index contributed by atoms with van der Waals surface area (Å²) in [6.07, 6.45) is 10.7. The first-order valence-electron chi connectivity index (χ1n) is 19.6. The monoisotopic (exact) mass is 812 g/mol. The van der Waals surface area contributed by atoms with Crippen molar-refractivity contribution >= 4 is 21.3 Å². The molecule has 0 heterocycles. The molecule has 59 heavy (non-hydrogen) atoms. The topological polar surface area (TPSA) is 110 Å². The summed E-state index contributed by atoms with van der Waals surface area (Å²) in [5.74, 6) is 2.61. The molecule has 0 radical (unpaired) electrons. The molecule has 0 aromatic heterocycles. The third-order valence-electron chi connectivity index (χ3n) is 9.80. The summed E-state index contributed by atoms with van der Waals surface area (Å²) in [4.78, 5) is -0.202. The van der Waals surface area contributed by atoms with E-state index in [0.29, 0.717) is 58.1 Å². The van der Waals surface area contributed by atoms with Gasteiger partial charge in [-0.15, -0.1) is 0 Å². The van der Waals surface area contributed by atoms with Crippen LogP contribution in [0.15, 0.2) is 169 Å². The molecule has 10 heteroatoms. The van der Waals surface area contributed by atoms with Crippen molar-refractivity contribution in [3.63, 3.8) is 0 Å². The Morgan fingerprint density at radius 1 is 0.610 bits per heavy atom. The van der Waals surface area contributed by atoms with Gasteiger partial charge in [-0.3, -0.25) is 4.55 Å². The van der Waals surface area contributed by atoms with Gasteiger partial charge in [0, 0.05) is 18.1 Å². The van der Waals surface area contributed by atoms with Crippen molar-refractivity contribution in [2.24, 2.45) is 0 Å². The lowest BCUT2D eigenvalue weighted by atomic mass is 9.87. The van der Waals surface area contributed by atoms with Gasteiger partial charge in [0.25, 0.3) is 10.1 Å². The zero-order chi connectivity index (χ0) is 41.4. The van der Waals surface area contributed by atoms with E-state index in [1.54, 1.807) is 37.3 Å². The summed E-state index contributed by atoms with van der Waals surface area (Å²) < 4.78 is 74.1. The molecule has 0 fully saturated rings. The summed E-state index contributed by atoms with van der Waals surface area (Å²) in [5.41, 5.74) is 2.87. The molecule has 0 saturated carbocycles. The molecule has 1 N–H and O–H groups in total. The molecule has 0 aliphatic heterocycles. The van der Waals surface area contributed by atoms with Crippen LogP contribution in [-0.4, -0.2) is 43.5 Å². The van der Waals surface area contributed by atoms with Crippen molar-refractivity contribution in [3.8, 4) is 34.1 Å². The minimum atomic E-state index is -4.75. The smallest absolute Gasteiger partial charge is 0.295 e. The van der Waals surface area contributed by atoms with Crippen LogP contribution in [0.2, 0.25) is 0 Å². The molecule has 5 atom stereocenters. The van der Waals surface area contributed by atoms with Gasteiger partial charge >= 0.3 is 0 Å². The van der Waals surface area contributed by atoms with Crippen LogP contribution in [0.3, 0.4) is 0 Å². The number of hydrogen-bond donors (Lipinski definition) is 1.